The first kappa shape index (κ1) is 15.4. The number of alkyl halides is 2. The highest BCUT2D eigenvalue weighted by molar-refractivity contribution is 9.10. The molecule has 3 nitrogen and oxygen atoms in total. The van der Waals surface area contributed by atoms with Gasteiger partial charge in [0.25, 0.3) is 0 Å². The van der Waals surface area contributed by atoms with Crippen LogP contribution in [0.2, 0.25) is 0 Å². The van der Waals surface area contributed by atoms with Gasteiger partial charge >= 0.3 is 6.61 Å². The fourth-order valence-corrected chi connectivity index (χ4v) is 2.16. The van der Waals surface area contributed by atoms with Crippen LogP contribution in [0.4, 0.5) is 8.78 Å². The lowest BCUT2D eigenvalue weighted by molar-refractivity contribution is -0.0498. The zero-order chi connectivity index (χ0) is 15.4. The molecule has 110 valence electrons. The Hall–Kier alpha value is -1.95. The van der Waals surface area contributed by atoms with Gasteiger partial charge in [-0.25, -0.2) is 0 Å². The number of ether oxygens (including phenoxy) is 2. The molecule has 0 amide bonds. The molecule has 0 fully saturated rings. The van der Waals surface area contributed by atoms with Crippen LogP contribution < -0.4 is 9.47 Å². The van der Waals surface area contributed by atoms with E-state index in [4.69, 9.17) is 4.74 Å². The lowest BCUT2D eigenvalue weighted by Gasteiger charge is -2.09. The van der Waals surface area contributed by atoms with E-state index >= 15 is 0 Å². The lowest BCUT2D eigenvalue weighted by Crippen LogP contribution is -2.05. The van der Waals surface area contributed by atoms with Crippen molar-refractivity contribution in [3.05, 3.63) is 58.1 Å². The van der Waals surface area contributed by atoms with E-state index in [0.717, 1.165) is 4.47 Å². The highest BCUT2D eigenvalue weighted by Crippen LogP contribution is 2.26. The Bertz CT molecular complexity index is 642. The monoisotopic (exact) mass is 356 g/mol. The molecule has 21 heavy (non-hydrogen) atoms. The highest BCUT2D eigenvalue weighted by atomic mass is 79.9. The van der Waals surface area contributed by atoms with Crippen molar-refractivity contribution >= 4 is 21.7 Å². The Labute approximate surface area is 128 Å². The van der Waals surface area contributed by atoms with Crippen molar-refractivity contribution in [3.63, 3.8) is 0 Å². The van der Waals surface area contributed by atoms with Gasteiger partial charge in [0.2, 0.25) is 0 Å². The average Bonchev–Trinajstić information content (AvgIpc) is 2.46. The SMILES string of the molecule is COc1ccc(Br)cc1C(=O)c1ccc(OC(F)F)cc1. The zero-order valence-electron chi connectivity index (χ0n) is 11.0. The van der Waals surface area contributed by atoms with E-state index in [2.05, 4.69) is 20.7 Å². The van der Waals surface area contributed by atoms with E-state index in [1.165, 1.54) is 31.4 Å². The Morgan fingerprint density at radius 2 is 1.81 bits per heavy atom. The Kier molecular flexibility index (Phi) is 4.90. The minimum atomic E-state index is -2.89. The summed E-state index contributed by atoms with van der Waals surface area (Å²) < 4.78 is 34.3. The minimum absolute atomic E-state index is 0.00255. The van der Waals surface area contributed by atoms with Gasteiger partial charge < -0.3 is 9.47 Å². The number of benzene rings is 2. The number of halogens is 3. The molecule has 0 saturated carbocycles. The van der Waals surface area contributed by atoms with E-state index in [1.807, 2.05) is 0 Å². The third-order valence-corrected chi connectivity index (χ3v) is 3.24. The van der Waals surface area contributed by atoms with Crippen molar-refractivity contribution in [2.24, 2.45) is 0 Å². The number of ketones is 1. The molecule has 0 aliphatic heterocycles. The summed E-state index contributed by atoms with van der Waals surface area (Å²) in [4.78, 5) is 12.4. The quantitative estimate of drug-likeness (QED) is 0.749. The van der Waals surface area contributed by atoms with Gasteiger partial charge in [-0.05, 0) is 42.5 Å². The van der Waals surface area contributed by atoms with E-state index < -0.39 is 6.61 Å². The predicted molar refractivity (Wildman–Crippen MR) is 77.2 cm³/mol. The molecule has 2 rings (SSSR count). The highest BCUT2D eigenvalue weighted by Gasteiger charge is 2.15. The summed E-state index contributed by atoms with van der Waals surface area (Å²) in [5, 5.41) is 0. The molecule has 0 N–H and O–H groups in total. The second-order valence-corrected chi connectivity index (χ2v) is 4.99. The zero-order valence-corrected chi connectivity index (χ0v) is 12.6. The van der Waals surface area contributed by atoms with E-state index in [1.54, 1.807) is 18.2 Å². The van der Waals surface area contributed by atoms with Crippen molar-refractivity contribution in [1.29, 1.82) is 0 Å². The topological polar surface area (TPSA) is 35.5 Å². The van der Waals surface area contributed by atoms with Gasteiger partial charge in [-0.15, -0.1) is 0 Å². The molecule has 0 aliphatic carbocycles. The lowest BCUT2D eigenvalue weighted by atomic mass is 10.0. The largest absolute Gasteiger partial charge is 0.496 e. The standard InChI is InChI=1S/C15H11BrF2O3/c1-20-13-7-4-10(16)8-12(13)14(19)9-2-5-11(6-3-9)21-15(17)18/h2-8,15H,1H3. The number of carbonyl (C=O) groups excluding carboxylic acids is 1. The number of carbonyl (C=O) groups is 1. The van der Waals surface area contributed by atoms with E-state index in [-0.39, 0.29) is 11.5 Å². The van der Waals surface area contributed by atoms with Crippen molar-refractivity contribution < 1.29 is 23.0 Å². The first-order valence-electron chi connectivity index (χ1n) is 5.94. The summed E-state index contributed by atoms with van der Waals surface area (Å²) in [7, 11) is 1.47. The van der Waals surface area contributed by atoms with Gasteiger partial charge in [-0.3, -0.25) is 4.79 Å². The van der Waals surface area contributed by atoms with Crippen molar-refractivity contribution in [3.8, 4) is 11.5 Å². The third-order valence-electron chi connectivity index (χ3n) is 2.75. The van der Waals surface area contributed by atoms with Gasteiger partial charge in [0.1, 0.15) is 11.5 Å². The molecule has 2 aromatic rings. The van der Waals surface area contributed by atoms with Gasteiger partial charge in [0.05, 0.1) is 12.7 Å². The third kappa shape index (κ3) is 3.78. The number of hydrogen-bond acceptors (Lipinski definition) is 3. The van der Waals surface area contributed by atoms with Gasteiger partial charge in [-0.2, -0.15) is 8.78 Å². The molecule has 0 bridgehead atoms. The van der Waals surface area contributed by atoms with Gasteiger partial charge in [-0.1, -0.05) is 15.9 Å². The second kappa shape index (κ2) is 6.67. The molecule has 2 aromatic carbocycles. The van der Waals surface area contributed by atoms with Crippen LogP contribution in [0.1, 0.15) is 15.9 Å². The summed E-state index contributed by atoms with van der Waals surface area (Å²) in [5.41, 5.74) is 0.738. The van der Waals surface area contributed by atoms with Gasteiger partial charge in [0, 0.05) is 10.0 Å². The fraction of sp³-hybridized carbons (Fsp3) is 0.133. The summed E-state index contributed by atoms with van der Waals surface area (Å²) >= 11 is 3.29. The molecule has 6 heteroatoms. The summed E-state index contributed by atoms with van der Waals surface area (Å²) in [6.07, 6.45) is 0. The molecule has 0 atom stereocenters. The van der Waals surface area contributed by atoms with E-state index in [0.29, 0.717) is 16.9 Å². The van der Waals surface area contributed by atoms with Crippen LogP contribution in [0, 0.1) is 0 Å². The second-order valence-electron chi connectivity index (χ2n) is 4.08. The van der Waals surface area contributed by atoms with Crippen molar-refractivity contribution in [1.82, 2.24) is 0 Å². The van der Waals surface area contributed by atoms with Crippen LogP contribution in [-0.2, 0) is 0 Å². The average molecular weight is 357 g/mol. The normalized spacial score (nSPS) is 10.5. The van der Waals surface area contributed by atoms with Gasteiger partial charge in [0.15, 0.2) is 5.78 Å². The molecule has 0 heterocycles. The maximum Gasteiger partial charge on any atom is 0.387 e. The summed E-state index contributed by atoms with van der Waals surface area (Å²) in [6, 6.07) is 10.6. The Morgan fingerprint density at radius 1 is 1.14 bits per heavy atom. The fourth-order valence-electron chi connectivity index (χ4n) is 1.80. The maximum atomic E-state index is 12.4. The van der Waals surface area contributed by atoms with Crippen LogP contribution in [0.3, 0.4) is 0 Å². The Balaban J connectivity index is 2.30. The van der Waals surface area contributed by atoms with Crippen LogP contribution in [0.15, 0.2) is 46.9 Å². The first-order chi connectivity index (χ1) is 10.0. The van der Waals surface area contributed by atoms with Crippen LogP contribution in [0.25, 0.3) is 0 Å². The smallest absolute Gasteiger partial charge is 0.387 e. The maximum absolute atomic E-state index is 12.4. The number of hydrogen-bond donors (Lipinski definition) is 0. The molecule has 0 saturated heterocycles. The number of methoxy groups -OCH3 is 1. The summed E-state index contributed by atoms with van der Waals surface area (Å²) in [6.45, 7) is -2.89. The molecule has 0 spiro atoms. The summed E-state index contributed by atoms with van der Waals surface area (Å²) in [5.74, 6) is 0.176. The molecule has 0 aromatic heterocycles. The van der Waals surface area contributed by atoms with Crippen molar-refractivity contribution in [2.45, 2.75) is 6.61 Å². The minimum Gasteiger partial charge on any atom is -0.496 e. The van der Waals surface area contributed by atoms with Crippen LogP contribution in [-0.4, -0.2) is 19.5 Å². The molecular weight excluding hydrogens is 346 g/mol. The molecular formula is C15H11BrF2O3. The van der Waals surface area contributed by atoms with E-state index in [9.17, 15) is 13.6 Å². The predicted octanol–water partition coefficient (Wildman–Crippen LogP) is 4.29. The number of rotatable bonds is 5. The van der Waals surface area contributed by atoms with Crippen molar-refractivity contribution in [2.75, 3.05) is 7.11 Å². The van der Waals surface area contributed by atoms with Crippen LogP contribution in [0.5, 0.6) is 11.5 Å². The molecule has 0 unspecified atom stereocenters. The molecule has 0 radical (unpaired) electrons. The Morgan fingerprint density at radius 3 is 2.38 bits per heavy atom. The van der Waals surface area contributed by atoms with Crippen LogP contribution >= 0.6 is 15.9 Å². The molecule has 0 aliphatic rings. The first-order valence-corrected chi connectivity index (χ1v) is 6.73.